The predicted octanol–water partition coefficient (Wildman–Crippen LogP) is 2.90. The van der Waals surface area contributed by atoms with Gasteiger partial charge in [0.05, 0.1) is 10.9 Å². The lowest BCUT2D eigenvalue weighted by Crippen LogP contribution is -2.47. The molecule has 1 aliphatic heterocycles. The van der Waals surface area contributed by atoms with Crippen molar-refractivity contribution < 1.29 is 9.53 Å². The molecule has 2 atom stereocenters. The van der Waals surface area contributed by atoms with E-state index in [0.717, 1.165) is 55.5 Å². The van der Waals surface area contributed by atoms with Gasteiger partial charge in [-0.2, -0.15) is 0 Å². The number of nitrogens with one attached hydrogen (secondary N) is 1. The van der Waals surface area contributed by atoms with Crippen LogP contribution in [-0.4, -0.2) is 53.2 Å². The van der Waals surface area contributed by atoms with E-state index < -0.39 is 0 Å². The van der Waals surface area contributed by atoms with E-state index in [9.17, 15) is 9.59 Å². The second-order valence-electron chi connectivity index (χ2n) is 9.18. The van der Waals surface area contributed by atoms with E-state index in [2.05, 4.69) is 10.3 Å². The van der Waals surface area contributed by atoms with Crippen LogP contribution >= 0.6 is 11.6 Å². The first-order valence-corrected chi connectivity index (χ1v) is 12.2. The Labute approximate surface area is 200 Å². The van der Waals surface area contributed by atoms with E-state index in [4.69, 9.17) is 16.3 Å². The summed E-state index contributed by atoms with van der Waals surface area (Å²) < 4.78 is 6.71. The average Bonchev–Trinajstić information content (AvgIpc) is 3.66. The van der Waals surface area contributed by atoms with Gasteiger partial charge in [-0.1, -0.05) is 11.6 Å². The summed E-state index contributed by atoms with van der Waals surface area (Å²) in [5.41, 5.74) is 2.82. The lowest BCUT2D eigenvalue weighted by atomic mass is 9.80. The summed E-state index contributed by atoms with van der Waals surface area (Å²) in [6, 6.07) is 5.94. The molecular formula is C25H33ClN4O3. The van der Waals surface area contributed by atoms with Crippen LogP contribution in [-0.2, 0) is 29.5 Å². The zero-order valence-electron chi connectivity index (χ0n) is 19.4. The number of halogens is 1. The van der Waals surface area contributed by atoms with Gasteiger partial charge in [0.15, 0.2) is 0 Å². The van der Waals surface area contributed by atoms with Crippen molar-refractivity contribution in [2.24, 2.45) is 13.0 Å². The molecule has 2 aromatic rings. The third-order valence-electron chi connectivity index (χ3n) is 6.74. The van der Waals surface area contributed by atoms with Crippen LogP contribution in [0.25, 0.3) is 0 Å². The second-order valence-corrected chi connectivity index (χ2v) is 9.58. The molecule has 0 aromatic carbocycles. The van der Waals surface area contributed by atoms with E-state index in [-0.39, 0.29) is 29.3 Å². The normalized spacial score (nSPS) is 20.6. The van der Waals surface area contributed by atoms with Gasteiger partial charge < -0.3 is 19.5 Å². The molecule has 2 aliphatic rings. The summed E-state index contributed by atoms with van der Waals surface area (Å²) in [6.07, 6.45) is 8.06. The van der Waals surface area contributed by atoms with Crippen LogP contribution < -0.4 is 10.9 Å². The van der Waals surface area contributed by atoms with Crippen molar-refractivity contribution in [1.82, 2.24) is 19.8 Å². The fraction of sp³-hybridized carbons (Fsp3) is 0.560. The minimum absolute atomic E-state index is 0.0337. The molecule has 2 fully saturated rings. The van der Waals surface area contributed by atoms with Crippen LogP contribution in [0.1, 0.15) is 48.4 Å². The van der Waals surface area contributed by atoms with Gasteiger partial charge in [0, 0.05) is 64.0 Å². The number of hydrogen-bond acceptors (Lipinski definition) is 5. The van der Waals surface area contributed by atoms with E-state index in [0.29, 0.717) is 24.7 Å². The van der Waals surface area contributed by atoms with Crippen LogP contribution in [0.4, 0.5) is 0 Å². The van der Waals surface area contributed by atoms with Crippen molar-refractivity contribution >= 4 is 17.5 Å². The Balaban J connectivity index is 1.55. The number of carbonyl (C=O) groups excluding carboxylic acids is 1. The number of ether oxygens (including phenoxy) is 1. The summed E-state index contributed by atoms with van der Waals surface area (Å²) in [6.45, 7) is 2.63. The molecule has 1 unspecified atom stereocenters. The molecule has 8 heteroatoms. The van der Waals surface area contributed by atoms with Crippen LogP contribution in [0.15, 0.2) is 35.4 Å². The molecule has 1 aliphatic carbocycles. The molecule has 0 radical (unpaired) electrons. The standard InChI is InChI=1S/C25H33ClN4O3/c1-29-10-8-17(13-24(29)31)21-7-9-27-14-22(21)25(32)30(20-5-6-20)16-18-12-19(4-3-11-33-2)28-15-23(18)26/h8,10,12-13,15,20-22,27H,3-7,9,11,14,16H2,1-2H3/t21-,22?/m1/s1. The predicted molar refractivity (Wildman–Crippen MR) is 128 cm³/mol. The summed E-state index contributed by atoms with van der Waals surface area (Å²) in [4.78, 5) is 32.5. The minimum Gasteiger partial charge on any atom is -0.385 e. The smallest absolute Gasteiger partial charge is 0.250 e. The summed E-state index contributed by atoms with van der Waals surface area (Å²) in [5, 5.41) is 3.98. The molecule has 178 valence electrons. The number of amides is 1. The molecule has 33 heavy (non-hydrogen) atoms. The van der Waals surface area contributed by atoms with E-state index >= 15 is 0 Å². The zero-order valence-corrected chi connectivity index (χ0v) is 20.2. The SMILES string of the molecule is COCCCc1cc(CN(C(=O)C2CNCC[C@@H]2c2ccn(C)c(=O)c2)C2CC2)c(Cl)cn1. The van der Waals surface area contributed by atoms with Gasteiger partial charge >= 0.3 is 0 Å². The van der Waals surface area contributed by atoms with Gasteiger partial charge in [-0.3, -0.25) is 14.6 Å². The van der Waals surface area contributed by atoms with Gasteiger partial charge in [-0.15, -0.1) is 0 Å². The number of pyridine rings is 2. The fourth-order valence-electron chi connectivity index (χ4n) is 4.67. The number of aromatic nitrogens is 2. The van der Waals surface area contributed by atoms with Gasteiger partial charge in [-0.05, 0) is 67.8 Å². The second kappa shape index (κ2) is 10.8. The molecule has 1 saturated heterocycles. The molecule has 0 bridgehead atoms. The highest BCUT2D eigenvalue weighted by molar-refractivity contribution is 6.31. The Kier molecular flexibility index (Phi) is 7.83. The van der Waals surface area contributed by atoms with Crippen molar-refractivity contribution in [3.05, 3.63) is 62.8 Å². The van der Waals surface area contributed by atoms with Gasteiger partial charge in [0.25, 0.3) is 5.56 Å². The molecule has 1 amide bonds. The lowest BCUT2D eigenvalue weighted by Gasteiger charge is -2.36. The molecule has 3 heterocycles. The molecule has 7 nitrogen and oxygen atoms in total. The lowest BCUT2D eigenvalue weighted by molar-refractivity contribution is -0.138. The zero-order chi connectivity index (χ0) is 23.4. The monoisotopic (exact) mass is 472 g/mol. The van der Waals surface area contributed by atoms with Crippen molar-refractivity contribution in [2.75, 3.05) is 26.8 Å². The summed E-state index contributed by atoms with van der Waals surface area (Å²) in [7, 11) is 3.44. The number of nitrogens with zero attached hydrogens (tertiary/aromatic N) is 3. The number of rotatable bonds is 9. The highest BCUT2D eigenvalue weighted by atomic mass is 35.5. The Hall–Kier alpha value is -2.22. The Bertz CT molecular complexity index is 1040. The van der Waals surface area contributed by atoms with Gasteiger partial charge in [0.2, 0.25) is 5.91 Å². The molecule has 1 saturated carbocycles. The third-order valence-corrected chi connectivity index (χ3v) is 7.08. The molecule has 0 spiro atoms. The number of aryl methyl sites for hydroxylation is 2. The highest BCUT2D eigenvalue weighted by Crippen LogP contribution is 2.36. The first-order chi connectivity index (χ1) is 16.0. The maximum absolute atomic E-state index is 13.9. The van der Waals surface area contributed by atoms with Crippen molar-refractivity contribution in [3.63, 3.8) is 0 Å². The molecule has 2 aromatic heterocycles. The van der Waals surface area contributed by atoms with E-state index in [1.54, 1.807) is 37.2 Å². The molecule has 1 N–H and O–H groups in total. The Morgan fingerprint density at radius 3 is 2.88 bits per heavy atom. The first kappa shape index (κ1) is 23.9. The average molecular weight is 473 g/mol. The number of methoxy groups -OCH3 is 1. The first-order valence-electron chi connectivity index (χ1n) is 11.8. The quantitative estimate of drug-likeness (QED) is 0.568. The molecular weight excluding hydrogens is 440 g/mol. The van der Waals surface area contributed by atoms with Crippen molar-refractivity contribution in [2.45, 2.75) is 50.6 Å². The van der Waals surface area contributed by atoms with Crippen LogP contribution in [0.5, 0.6) is 0 Å². The maximum atomic E-state index is 13.9. The fourth-order valence-corrected chi connectivity index (χ4v) is 4.83. The van der Waals surface area contributed by atoms with E-state index in [1.165, 1.54) is 0 Å². The topological polar surface area (TPSA) is 76.5 Å². The number of carbonyl (C=O) groups is 1. The minimum atomic E-state index is -0.201. The maximum Gasteiger partial charge on any atom is 0.250 e. The van der Waals surface area contributed by atoms with Gasteiger partial charge in [-0.25, -0.2) is 0 Å². The summed E-state index contributed by atoms with van der Waals surface area (Å²) in [5.74, 6) is -0.0242. The van der Waals surface area contributed by atoms with Crippen LogP contribution in [0, 0.1) is 5.92 Å². The van der Waals surface area contributed by atoms with E-state index in [1.807, 2.05) is 17.0 Å². The number of piperidine rings is 1. The largest absolute Gasteiger partial charge is 0.385 e. The summed E-state index contributed by atoms with van der Waals surface area (Å²) >= 11 is 6.50. The van der Waals surface area contributed by atoms with Crippen LogP contribution in [0.2, 0.25) is 5.02 Å². The molecule has 4 rings (SSSR count). The number of hydrogen-bond donors (Lipinski definition) is 1. The third kappa shape index (κ3) is 5.83. The van der Waals surface area contributed by atoms with Gasteiger partial charge in [0.1, 0.15) is 0 Å². The Morgan fingerprint density at radius 1 is 1.33 bits per heavy atom. The Morgan fingerprint density at radius 2 is 2.15 bits per heavy atom. The van der Waals surface area contributed by atoms with Crippen molar-refractivity contribution in [3.8, 4) is 0 Å². The van der Waals surface area contributed by atoms with Crippen molar-refractivity contribution in [1.29, 1.82) is 0 Å². The highest BCUT2D eigenvalue weighted by Gasteiger charge is 2.40. The van der Waals surface area contributed by atoms with Crippen LogP contribution in [0.3, 0.4) is 0 Å².